The molecule has 0 radical (unpaired) electrons. The Morgan fingerprint density at radius 1 is 1.09 bits per heavy atom. The monoisotopic (exact) mass is 477 g/mol. The van der Waals surface area contributed by atoms with Gasteiger partial charge in [-0.25, -0.2) is 4.79 Å². The molecule has 184 valence electrons. The third-order valence-electron chi connectivity index (χ3n) is 6.86. The zero-order valence-corrected chi connectivity index (χ0v) is 20.1. The minimum atomic E-state index is -1.00. The highest BCUT2D eigenvalue weighted by atomic mass is 16.7. The number of carbonyl (C=O) groups is 2. The third kappa shape index (κ3) is 4.23. The summed E-state index contributed by atoms with van der Waals surface area (Å²) < 4.78 is 11.1. The molecule has 2 aliphatic heterocycles. The predicted molar refractivity (Wildman–Crippen MR) is 132 cm³/mol. The molecule has 0 unspecified atom stereocenters. The number of nitrogens with zero attached hydrogens (tertiary/aromatic N) is 2. The van der Waals surface area contributed by atoms with E-state index in [-0.39, 0.29) is 25.7 Å². The summed E-state index contributed by atoms with van der Waals surface area (Å²) in [5, 5.41) is 11.3. The molecule has 2 aromatic carbocycles. The minimum Gasteiger partial charge on any atom is -0.480 e. The number of benzene rings is 2. The van der Waals surface area contributed by atoms with E-state index in [9.17, 15) is 14.7 Å². The van der Waals surface area contributed by atoms with E-state index in [2.05, 4.69) is 23.7 Å². The molecule has 0 fully saturated rings. The number of H-pyrrole nitrogens is 1. The summed E-state index contributed by atoms with van der Waals surface area (Å²) in [5.41, 5.74) is 3.52. The SMILES string of the molecule is CCCN(CCC)CC(=O)N1[C@@H](c2ccc3c(c2)OCO3)c2[nH]c3ccccc3c2C[C@@H]1C(=O)O. The van der Waals surface area contributed by atoms with Gasteiger partial charge in [0.05, 0.1) is 12.6 Å². The summed E-state index contributed by atoms with van der Waals surface area (Å²) in [6.45, 7) is 6.07. The molecule has 8 nitrogen and oxygen atoms in total. The van der Waals surface area contributed by atoms with Crippen molar-refractivity contribution in [3.63, 3.8) is 0 Å². The Morgan fingerprint density at radius 2 is 1.83 bits per heavy atom. The molecule has 2 N–H and O–H groups in total. The van der Waals surface area contributed by atoms with Crippen molar-refractivity contribution in [1.29, 1.82) is 0 Å². The largest absolute Gasteiger partial charge is 0.480 e. The van der Waals surface area contributed by atoms with Crippen LogP contribution in [0.1, 0.15) is 49.6 Å². The summed E-state index contributed by atoms with van der Waals surface area (Å²) in [5.74, 6) is 0.0542. The number of ether oxygens (including phenoxy) is 2. The van der Waals surface area contributed by atoms with Gasteiger partial charge in [0.1, 0.15) is 6.04 Å². The van der Waals surface area contributed by atoms with E-state index in [4.69, 9.17) is 9.47 Å². The predicted octanol–water partition coefficient (Wildman–Crippen LogP) is 3.95. The number of aromatic amines is 1. The molecular weight excluding hydrogens is 446 g/mol. The van der Waals surface area contributed by atoms with Crippen LogP contribution in [0.25, 0.3) is 10.9 Å². The topological polar surface area (TPSA) is 95.1 Å². The number of hydrogen-bond donors (Lipinski definition) is 2. The van der Waals surface area contributed by atoms with Crippen LogP contribution in [-0.2, 0) is 16.0 Å². The van der Waals surface area contributed by atoms with Gasteiger partial charge in [-0.2, -0.15) is 0 Å². The summed E-state index contributed by atoms with van der Waals surface area (Å²) >= 11 is 0. The van der Waals surface area contributed by atoms with Crippen molar-refractivity contribution in [2.24, 2.45) is 0 Å². The van der Waals surface area contributed by atoms with Crippen LogP contribution in [0.2, 0.25) is 0 Å². The molecular formula is C27H31N3O5. The highest BCUT2D eigenvalue weighted by molar-refractivity contribution is 5.91. The Bertz CT molecular complexity index is 1250. The van der Waals surface area contributed by atoms with Gasteiger partial charge in [0.15, 0.2) is 11.5 Å². The van der Waals surface area contributed by atoms with Gasteiger partial charge in [0.25, 0.3) is 0 Å². The Kier molecular flexibility index (Phi) is 6.38. The number of rotatable bonds is 8. The number of nitrogens with one attached hydrogen (secondary N) is 1. The second-order valence-corrected chi connectivity index (χ2v) is 9.21. The second kappa shape index (κ2) is 9.62. The Hall–Kier alpha value is -3.52. The van der Waals surface area contributed by atoms with E-state index < -0.39 is 18.1 Å². The van der Waals surface area contributed by atoms with Crippen LogP contribution in [0.3, 0.4) is 0 Å². The Balaban J connectivity index is 1.64. The molecule has 0 saturated carbocycles. The average Bonchev–Trinajstić information content (AvgIpc) is 3.47. The van der Waals surface area contributed by atoms with Gasteiger partial charge in [-0.1, -0.05) is 38.1 Å². The lowest BCUT2D eigenvalue weighted by Gasteiger charge is -2.41. The molecule has 0 bridgehead atoms. The van der Waals surface area contributed by atoms with Gasteiger partial charge in [0.2, 0.25) is 12.7 Å². The van der Waals surface area contributed by atoms with Crippen LogP contribution in [0, 0.1) is 0 Å². The van der Waals surface area contributed by atoms with Crippen LogP contribution in [0.4, 0.5) is 0 Å². The van der Waals surface area contributed by atoms with Crippen LogP contribution in [-0.4, -0.2) is 64.2 Å². The molecule has 8 heteroatoms. The first-order valence-electron chi connectivity index (χ1n) is 12.3. The number of aromatic nitrogens is 1. The van der Waals surface area contributed by atoms with Crippen molar-refractivity contribution < 1.29 is 24.2 Å². The number of carbonyl (C=O) groups excluding carboxylic acids is 1. The second-order valence-electron chi connectivity index (χ2n) is 9.21. The zero-order valence-electron chi connectivity index (χ0n) is 20.1. The lowest BCUT2D eigenvalue weighted by molar-refractivity contribution is -0.153. The maximum atomic E-state index is 13.9. The first kappa shape index (κ1) is 23.2. The van der Waals surface area contributed by atoms with Gasteiger partial charge in [-0.15, -0.1) is 0 Å². The van der Waals surface area contributed by atoms with E-state index in [0.717, 1.165) is 53.7 Å². The minimum absolute atomic E-state index is 0.143. The fourth-order valence-electron chi connectivity index (χ4n) is 5.39. The smallest absolute Gasteiger partial charge is 0.326 e. The molecule has 0 saturated heterocycles. The lowest BCUT2D eigenvalue weighted by atomic mass is 9.87. The quantitative estimate of drug-likeness (QED) is 0.510. The molecule has 0 spiro atoms. The molecule has 0 aliphatic carbocycles. The van der Waals surface area contributed by atoms with Gasteiger partial charge in [0, 0.05) is 23.0 Å². The van der Waals surface area contributed by atoms with Gasteiger partial charge in [-0.3, -0.25) is 9.69 Å². The average molecular weight is 478 g/mol. The van der Waals surface area contributed by atoms with E-state index in [1.165, 1.54) is 0 Å². The lowest BCUT2D eigenvalue weighted by Crippen LogP contribution is -2.54. The number of amides is 1. The highest BCUT2D eigenvalue weighted by Crippen LogP contribution is 2.43. The fourth-order valence-corrected chi connectivity index (χ4v) is 5.39. The number of fused-ring (bicyclic) bond motifs is 4. The van der Waals surface area contributed by atoms with Gasteiger partial charge in [-0.05, 0) is 55.3 Å². The number of hydrogen-bond acceptors (Lipinski definition) is 5. The number of carboxylic acids is 1. The molecule has 35 heavy (non-hydrogen) atoms. The highest BCUT2D eigenvalue weighted by Gasteiger charge is 2.44. The first-order valence-corrected chi connectivity index (χ1v) is 12.3. The standard InChI is InChI=1S/C27H31N3O5/c1-3-11-29(12-4-2)15-24(31)30-21(27(32)33)14-19-18-7-5-6-8-20(18)28-25(19)26(30)17-9-10-22-23(13-17)35-16-34-22/h5-10,13,21,26,28H,3-4,11-12,14-16H2,1-2H3,(H,32,33)/t21-,26+/m1/s1. The van der Waals surface area contributed by atoms with Crippen molar-refractivity contribution in [3.05, 3.63) is 59.3 Å². The molecule has 5 rings (SSSR count). The summed E-state index contributed by atoms with van der Waals surface area (Å²) in [6, 6.07) is 11.9. The van der Waals surface area contributed by atoms with Crippen molar-refractivity contribution in [2.75, 3.05) is 26.4 Å². The molecule has 1 aromatic heterocycles. The van der Waals surface area contributed by atoms with Crippen LogP contribution in [0.15, 0.2) is 42.5 Å². The molecule has 2 atom stereocenters. The summed E-state index contributed by atoms with van der Waals surface area (Å²) in [6.07, 6.45) is 2.10. The Morgan fingerprint density at radius 3 is 2.57 bits per heavy atom. The van der Waals surface area contributed by atoms with Crippen molar-refractivity contribution in [3.8, 4) is 11.5 Å². The number of para-hydroxylation sites is 1. The normalized spacial score (nSPS) is 18.8. The third-order valence-corrected chi connectivity index (χ3v) is 6.86. The van der Waals surface area contributed by atoms with Crippen molar-refractivity contribution in [2.45, 2.75) is 45.2 Å². The van der Waals surface area contributed by atoms with Gasteiger partial charge >= 0.3 is 5.97 Å². The van der Waals surface area contributed by atoms with E-state index in [1.807, 2.05) is 42.5 Å². The zero-order chi connectivity index (χ0) is 24.5. The van der Waals surface area contributed by atoms with E-state index >= 15 is 0 Å². The first-order chi connectivity index (χ1) is 17.0. The number of aliphatic carboxylic acids is 1. The molecule has 1 amide bonds. The fraction of sp³-hybridized carbons (Fsp3) is 0.407. The van der Waals surface area contributed by atoms with Crippen molar-refractivity contribution >= 4 is 22.8 Å². The Labute approximate surface area is 204 Å². The maximum Gasteiger partial charge on any atom is 0.326 e. The summed E-state index contributed by atoms with van der Waals surface area (Å²) in [7, 11) is 0. The maximum absolute atomic E-state index is 13.9. The molecule has 3 aromatic rings. The molecule has 3 heterocycles. The van der Waals surface area contributed by atoms with Crippen molar-refractivity contribution in [1.82, 2.24) is 14.8 Å². The summed E-state index contributed by atoms with van der Waals surface area (Å²) in [4.78, 5) is 33.6. The van der Waals surface area contributed by atoms with E-state index in [1.54, 1.807) is 4.90 Å². The van der Waals surface area contributed by atoms with Gasteiger partial charge < -0.3 is 24.5 Å². The van der Waals surface area contributed by atoms with Crippen LogP contribution >= 0.6 is 0 Å². The van der Waals surface area contributed by atoms with Crippen LogP contribution in [0.5, 0.6) is 11.5 Å². The van der Waals surface area contributed by atoms with Crippen LogP contribution < -0.4 is 9.47 Å². The molecule has 2 aliphatic rings. The number of carboxylic acid groups (broad SMARTS) is 1. The van der Waals surface area contributed by atoms with E-state index in [0.29, 0.717) is 11.5 Å².